The van der Waals surface area contributed by atoms with Gasteiger partial charge in [0, 0.05) is 16.6 Å². The molecule has 3 atom stereocenters. The molecule has 1 aromatic rings. The van der Waals surface area contributed by atoms with Gasteiger partial charge in [0.25, 0.3) is 0 Å². The van der Waals surface area contributed by atoms with E-state index >= 15 is 0 Å². The smallest absolute Gasteiger partial charge is 0.0507 e. The van der Waals surface area contributed by atoms with E-state index in [0.717, 1.165) is 4.47 Å². The zero-order valence-electron chi connectivity index (χ0n) is 12.0. The summed E-state index contributed by atoms with van der Waals surface area (Å²) in [7, 11) is 2.16. The van der Waals surface area contributed by atoms with E-state index in [9.17, 15) is 0 Å². The van der Waals surface area contributed by atoms with Crippen molar-refractivity contribution in [1.82, 2.24) is 4.90 Å². The molecule has 0 aliphatic heterocycles. The van der Waals surface area contributed by atoms with E-state index in [2.05, 4.69) is 73.8 Å². The average molecular weight is 313 g/mol. The van der Waals surface area contributed by atoms with Gasteiger partial charge in [-0.05, 0) is 38.4 Å². The second kappa shape index (κ2) is 6.69. The Labute approximate surface area is 120 Å². The van der Waals surface area contributed by atoms with Crippen molar-refractivity contribution in [2.75, 3.05) is 7.05 Å². The molecule has 3 heteroatoms. The highest BCUT2D eigenvalue weighted by atomic mass is 79.9. The first kappa shape index (κ1) is 15.7. The number of hydrogen-bond donors (Lipinski definition) is 1. The second-order valence-corrected chi connectivity index (χ2v) is 6.33. The SMILES string of the molecule is CC(C)C(C)N(C)C(c1ccccc1Br)C(C)N. The molecule has 1 rings (SSSR count). The third-order valence-electron chi connectivity index (χ3n) is 3.77. The topological polar surface area (TPSA) is 29.3 Å². The molecule has 0 spiro atoms. The summed E-state index contributed by atoms with van der Waals surface area (Å²) in [6.45, 7) is 8.84. The van der Waals surface area contributed by atoms with Crippen LogP contribution in [0.2, 0.25) is 0 Å². The van der Waals surface area contributed by atoms with Crippen molar-refractivity contribution < 1.29 is 0 Å². The van der Waals surface area contributed by atoms with Crippen molar-refractivity contribution in [1.29, 1.82) is 0 Å². The molecule has 1 aromatic carbocycles. The zero-order valence-corrected chi connectivity index (χ0v) is 13.6. The molecule has 0 amide bonds. The fraction of sp³-hybridized carbons (Fsp3) is 0.600. The molecule has 0 radical (unpaired) electrons. The first-order chi connectivity index (χ1) is 8.36. The van der Waals surface area contributed by atoms with Crippen LogP contribution in [0.3, 0.4) is 0 Å². The lowest BCUT2D eigenvalue weighted by atomic mass is 9.95. The molecule has 0 fully saturated rings. The van der Waals surface area contributed by atoms with E-state index in [4.69, 9.17) is 5.73 Å². The van der Waals surface area contributed by atoms with E-state index in [1.54, 1.807) is 0 Å². The van der Waals surface area contributed by atoms with Gasteiger partial charge in [0.15, 0.2) is 0 Å². The minimum absolute atomic E-state index is 0.0925. The van der Waals surface area contributed by atoms with Crippen molar-refractivity contribution in [2.24, 2.45) is 11.7 Å². The molecule has 18 heavy (non-hydrogen) atoms. The summed E-state index contributed by atoms with van der Waals surface area (Å²) in [5, 5.41) is 0. The van der Waals surface area contributed by atoms with Gasteiger partial charge in [-0.1, -0.05) is 48.0 Å². The molecular formula is C15H25BrN2. The van der Waals surface area contributed by atoms with Crippen LogP contribution in [0, 0.1) is 5.92 Å². The summed E-state index contributed by atoms with van der Waals surface area (Å²) in [6, 6.07) is 9.17. The first-order valence-electron chi connectivity index (χ1n) is 6.58. The minimum atomic E-state index is 0.0925. The van der Waals surface area contributed by atoms with Gasteiger partial charge in [0.05, 0.1) is 6.04 Å². The molecular weight excluding hydrogens is 288 g/mol. The Morgan fingerprint density at radius 3 is 2.11 bits per heavy atom. The summed E-state index contributed by atoms with van der Waals surface area (Å²) in [5.74, 6) is 0.610. The van der Waals surface area contributed by atoms with Gasteiger partial charge in [-0.15, -0.1) is 0 Å². The maximum absolute atomic E-state index is 6.21. The molecule has 0 heterocycles. The number of benzene rings is 1. The van der Waals surface area contributed by atoms with Gasteiger partial charge in [-0.25, -0.2) is 0 Å². The minimum Gasteiger partial charge on any atom is -0.326 e. The van der Waals surface area contributed by atoms with Gasteiger partial charge in [-0.2, -0.15) is 0 Å². The van der Waals surface area contributed by atoms with Crippen LogP contribution >= 0.6 is 15.9 Å². The standard InChI is InChI=1S/C15H25BrN2/c1-10(2)12(4)18(5)15(11(3)17)13-8-6-7-9-14(13)16/h6-12,15H,17H2,1-5H3. The Morgan fingerprint density at radius 2 is 1.67 bits per heavy atom. The lowest BCUT2D eigenvalue weighted by Gasteiger charge is -2.38. The maximum atomic E-state index is 6.21. The van der Waals surface area contributed by atoms with Crippen molar-refractivity contribution in [2.45, 2.75) is 45.8 Å². The number of hydrogen-bond acceptors (Lipinski definition) is 2. The predicted octanol–water partition coefficient (Wildman–Crippen LogP) is 3.81. The fourth-order valence-corrected chi connectivity index (χ4v) is 2.83. The van der Waals surface area contributed by atoms with E-state index in [-0.39, 0.29) is 12.1 Å². The van der Waals surface area contributed by atoms with Crippen LogP contribution in [0.15, 0.2) is 28.7 Å². The summed E-state index contributed by atoms with van der Waals surface area (Å²) >= 11 is 3.64. The zero-order chi connectivity index (χ0) is 13.9. The lowest BCUT2D eigenvalue weighted by molar-refractivity contribution is 0.132. The normalized spacial score (nSPS) is 16.9. The molecule has 0 aliphatic carbocycles. The number of likely N-dealkylation sites (N-methyl/N-ethyl adjacent to an activating group) is 1. The highest BCUT2D eigenvalue weighted by Gasteiger charge is 2.27. The Hall–Kier alpha value is -0.380. The number of nitrogens with two attached hydrogens (primary N) is 1. The molecule has 0 bridgehead atoms. The predicted molar refractivity (Wildman–Crippen MR) is 82.6 cm³/mol. The van der Waals surface area contributed by atoms with Crippen molar-refractivity contribution >= 4 is 15.9 Å². The van der Waals surface area contributed by atoms with Crippen molar-refractivity contribution in [3.63, 3.8) is 0 Å². The monoisotopic (exact) mass is 312 g/mol. The molecule has 0 saturated heterocycles. The van der Waals surface area contributed by atoms with Crippen molar-refractivity contribution in [3.05, 3.63) is 34.3 Å². The van der Waals surface area contributed by atoms with Gasteiger partial charge in [0.1, 0.15) is 0 Å². The summed E-state index contributed by atoms with van der Waals surface area (Å²) < 4.78 is 1.13. The highest BCUT2D eigenvalue weighted by molar-refractivity contribution is 9.10. The Bertz CT molecular complexity index is 377. The van der Waals surface area contributed by atoms with Crippen LogP contribution in [0.25, 0.3) is 0 Å². The van der Waals surface area contributed by atoms with E-state index in [1.165, 1.54) is 5.56 Å². The number of rotatable bonds is 5. The largest absolute Gasteiger partial charge is 0.326 e. The Morgan fingerprint density at radius 1 is 1.11 bits per heavy atom. The molecule has 0 aromatic heterocycles. The van der Waals surface area contributed by atoms with Crippen LogP contribution in [0.5, 0.6) is 0 Å². The molecule has 0 saturated carbocycles. The summed E-state index contributed by atoms with van der Waals surface area (Å²) in [6.07, 6.45) is 0. The van der Waals surface area contributed by atoms with Crippen LogP contribution < -0.4 is 5.73 Å². The van der Waals surface area contributed by atoms with Gasteiger partial charge < -0.3 is 5.73 Å². The second-order valence-electron chi connectivity index (χ2n) is 5.48. The third kappa shape index (κ3) is 3.56. The molecule has 3 unspecified atom stereocenters. The van der Waals surface area contributed by atoms with Crippen LogP contribution in [-0.2, 0) is 0 Å². The molecule has 2 N–H and O–H groups in total. The van der Waals surface area contributed by atoms with E-state index in [1.807, 2.05) is 6.07 Å². The summed E-state index contributed by atoms with van der Waals surface area (Å²) in [5.41, 5.74) is 7.48. The van der Waals surface area contributed by atoms with E-state index < -0.39 is 0 Å². The van der Waals surface area contributed by atoms with Crippen LogP contribution in [0.1, 0.15) is 39.3 Å². The van der Waals surface area contributed by atoms with Crippen LogP contribution in [0.4, 0.5) is 0 Å². The lowest BCUT2D eigenvalue weighted by Crippen LogP contribution is -2.43. The van der Waals surface area contributed by atoms with Gasteiger partial charge in [0.2, 0.25) is 0 Å². The highest BCUT2D eigenvalue weighted by Crippen LogP contribution is 2.31. The average Bonchev–Trinajstić information content (AvgIpc) is 2.30. The quantitative estimate of drug-likeness (QED) is 0.895. The molecule has 2 nitrogen and oxygen atoms in total. The Kier molecular flexibility index (Phi) is 5.83. The third-order valence-corrected chi connectivity index (χ3v) is 4.49. The number of nitrogens with zero attached hydrogens (tertiary/aromatic N) is 1. The summed E-state index contributed by atoms with van der Waals surface area (Å²) in [4.78, 5) is 2.38. The first-order valence-corrected chi connectivity index (χ1v) is 7.37. The molecule has 0 aliphatic rings. The van der Waals surface area contributed by atoms with Gasteiger partial charge in [-0.3, -0.25) is 4.90 Å². The van der Waals surface area contributed by atoms with E-state index in [0.29, 0.717) is 12.0 Å². The Balaban J connectivity index is 3.08. The maximum Gasteiger partial charge on any atom is 0.0507 e. The number of halogens is 1. The fourth-order valence-electron chi connectivity index (χ4n) is 2.31. The van der Waals surface area contributed by atoms with Crippen LogP contribution in [-0.4, -0.2) is 24.0 Å². The molecule has 102 valence electrons. The van der Waals surface area contributed by atoms with Gasteiger partial charge >= 0.3 is 0 Å². The van der Waals surface area contributed by atoms with Crippen molar-refractivity contribution in [3.8, 4) is 0 Å².